The average Bonchev–Trinajstić information content (AvgIpc) is 2.73. The van der Waals surface area contributed by atoms with Crippen LogP contribution in [0.4, 0.5) is 4.79 Å². The molecule has 0 radical (unpaired) electrons. The van der Waals surface area contributed by atoms with Gasteiger partial charge in [-0.1, -0.05) is 19.3 Å². The highest BCUT2D eigenvalue weighted by Crippen LogP contribution is 2.33. The zero-order valence-corrected chi connectivity index (χ0v) is 13.1. The van der Waals surface area contributed by atoms with Gasteiger partial charge in [-0.25, -0.2) is 4.79 Å². The van der Waals surface area contributed by atoms with Crippen LogP contribution in [-0.2, 0) is 9.59 Å². The van der Waals surface area contributed by atoms with Crippen molar-refractivity contribution in [2.45, 2.75) is 50.6 Å². The SMILES string of the molecule is CC1CNCCN1C(=O)CN1C(=O)NC2(CCCCC2)C1=O. The highest BCUT2D eigenvalue weighted by atomic mass is 16.2. The maximum absolute atomic E-state index is 12.7. The zero-order valence-electron chi connectivity index (χ0n) is 13.1. The molecule has 1 aliphatic carbocycles. The summed E-state index contributed by atoms with van der Waals surface area (Å²) < 4.78 is 0. The van der Waals surface area contributed by atoms with Gasteiger partial charge in [0, 0.05) is 25.7 Å². The van der Waals surface area contributed by atoms with Gasteiger partial charge in [0.25, 0.3) is 5.91 Å². The Labute approximate surface area is 130 Å². The van der Waals surface area contributed by atoms with E-state index in [2.05, 4.69) is 10.6 Å². The molecule has 7 heteroatoms. The third-order valence-electron chi connectivity index (χ3n) is 5.07. The molecule has 3 rings (SSSR count). The smallest absolute Gasteiger partial charge is 0.325 e. The Bertz CT molecular complexity index is 487. The van der Waals surface area contributed by atoms with Crippen LogP contribution >= 0.6 is 0 Å². The van der Waals surface area contributed by atoms with E-state index in [1.54, 1.807) is 4.90 Å². The lowest BCUT2D eigenvalue weighted by Crippen LogP contribution is -2.55. The van der Waals surface area contributed by atoms with Crippen LogP contribution < -0.4 is 10.6 Å². The summed E-state index contributed by atoms with van der Waals surface area (Å²) in [6.45, 7) is 3.94. The van der Waals surface area contributed by atoms with Crippen LogP contribution in [0.15, 0.2) is 0 Å². The third kappa shape index (κ3) is 2.58. The van der Waals surface area contributed by atoms with E-state index in [0.29, 0.717) is 19.4 Å². The van der Waals surface area contributed by atoms with Gasteiger partial charge in [0.05, 0.1) is 0 Å². The number of piperazine rings is 1. The molecule has 2 N–H and O–H groups in total. The second-order valence-electron chi connectivity index (χ2n) is 6.60. The number of hydrogen-bond donors (Lipinski definition) is 2. The molecule has 2 heterocycles. The van der Waals surface area contributed by atoms with Gasteiger partial charge in [-0.2, -0.15) is 0 Å². The number of nitrogens with one attached hydrogen (secondary N) is 2. The van der Waals surface area contributed by atoms with E-state index in [0.717, 1.165) is 37.3 Å². The lowest BCUT2D eigenvalue weighted by atomic mass is 9.82. The van der Waals surface area contributed by atoms with Crippen LogP contribution in [0, 0.1) is 0 Å². The first-order valence-corrected chi connectivity index (χ1v) is 8.18. The Kier molecular flexibility index (Phi) is 4.08. The standard InChI is InChI=1S/C15H24N4O3/c1-11-9-16-7-8-18(11)12(20)10-19-13(21)15(17-14(19)22)5-3-2-4-6-15/h11,16H,2-10H2,1H3,(H,17,22). The number of amides is 4. The van der Waals surface area contributed by atoms with Gasteiger partial charge in [-0.05, 0) is 19.8 Å². The summed E-state index contributed by atoms with van der Waals surface area (Å²) >= 11 is 0. The number of carbonyl (C=O) groups excluding carboxylic acids is 3. The van der Waals surface area contributed by atoms with E-state index in [-0.39, 0.29) is 24.4 Å². The minimum atomic E-state index is -0.745. The Morgan fingerprint density at radius 3 is 2.68 bits per heavy atom. The summed E-state index contributed by atoms with van der Waals surface area (Å²) in [5.41, 5.74) is -0.745. The van der Waals surface area contributed by atoms with Gasteiger partial charge in [-0.3, -0.25) is 14.5 Å². The van der Waals surface area contributed by atoms with Crippen molar-refractivity contribution in [1.29, 1.82) is 0 Å². The lowest BCUT2D eigenvalue weighted by Gasteiger charge is -2.35. The van der Waals surface area contributed by atoms with Crippen LogP contribution in [0.3, 0.4) is 0 Å². The summed E-state index contributed by atoms with van der Waals surface area (Å²) in [4.78, 5) is 40.1. The van der Waals surface area contributed by atoms with Crippen molar-refractivity contribution in [3.63, 3.8) is 0 Å². The van der Waals surface area contributed by atoms with Crippen LogP contribution in [0.1, 0.15) is 39.0 Å². The summed E-state index contributed by atoms with van der Waals surface area (Å²) in [6, 6.07) is -0.325. The molecule has 3 fully saturated rings. The quantitative estimate of drug-likeness (QED) is 0.707. The molecule has 22 heavy (non-hydrogen) atoms. The molecule has 2 saturated heterocycles. The van der Waals surface area contributed by atoms with Crippen LogP contribution in [0.5, 0.6) is 0 Å². The lowest BCUT2D eigenvalue weighted by molar-refractivity contribution is -0.141. The number of nitrogens with zero attached hydrogens (tertiary/aromatic N) is 2. The Morgan fingerprint density at radius 2 is 2.00 bits per heavy atom. The van der Waals surface area contributed by atoms with E-state index in [1.807, 2.05) is 6.92 Å². The fourth-order valence-corrected chi connectivity index (χ4v) is 3.75. The van der Waals surface area contributed by atoms with Gasteiger partial charge < -0.3 is 15.5 Å². The van der Waals surface area contributed by atoms with E-state index in [4.69, 9.17) is 0 Å². The molecule has 0 aromatic carbocycles. The largest absolute Gasteiger partial charge is 0.336 e. The van der Waals surface area contributed by atoms with Crippen LogP contribution in [-0.4, -0.2) is 65.4 Å². The van der Waals surface area contributed by atoms with E-state index < -0.39 is 11.6 Å². The first-order chi connectivity index (χ1) is 10.5. The predicted molar refractivity (Wildman–Crippen MR) is 80.1 cm³/mol. The van der Waals surface area contributed by atoms with E-state index in [9.17, 15) is 14.4 Å². The highest BCUT2D eigenvalue weighted by Gasteiger charge is 2.51. The molecular weight excluding hydrogens is 284 g/mol. The van der Waals surface area contributed by atoms with Crippen LogP contribution in [0.25, 0.3) is 0 Å². The Hall–Kier alpha value is -1.63. The van der Waals surface area contributed by atoms with Crippen molar-refractivity contribution in [2.75, 3.05) is 26.2 Å². The number of urea groups is 1. The fraction of sp³-hybridized carbons (Fsp3) is 0.800. The molecule has 4 amide bonds. The average molecular weight is 308 g/mol. The highest BCUT2D eigenvalue weighted by molar-refractivity contribution is 6.09. The number of imide groups is 1. The Morgan fingerprint density at radius 1 is 1.27 bits per heavy atom. The Balaban J connectivity index is 1.68. The monoisotopic (exact) mass is 308 g/mol. The molecule has 0 aromatic rings. The summed E-state index contributed by atoms with van der Waals surface area (Å²) in [7, 11) is 0. The van der Waals surface area contributed by atoms with Crippen molar-refractivity contribution < 1.29 is 14.4 Å². The topological polar surface area (TPSA) is 81.8 Å². The van der Waals surface area contributed by atoms with Crippen molar-refractivity contribution in [3.8, 4) is 0 Å². The van der Waals surface area contributed by atoms with Crippen molar-refractivity contribution >= 4 is 17.8 Å². The fourth-order valence-electron chi connectivity index (χ4n) is 3.75. The first kappa shape index (κ1) is 15.3. The number of rotatable bonds is 2. The molecule has 2 aliphatic heterocycles. The van der Waals surface area contributed by atoms with Crippen LogP contribution in [0.2, 0.25) is 0 Å². The number of carbonyl (C=O) groups is 3. The maximum Gasteiger partial charge on any atom is 0.325 e. The van der Waals surface area contributed by atoms with Gasteiger partial charge >= 0.3 is 6.03 Å². The maximum atomic E-state index is 12.7. The third-order valence-corrected chi connectivity index (χ3v) is 5.07. The van der Waals surface area contributed by atoms with Crippen molar-refractivity contribution in [2.24, 2.45) is 0 Å². The molecule has 1 atom stereocenters. The minimum absolute atomic E-state index is 0.0886. The zero-order chi connectivity index (χ0) is 15.7. The molecule has 1 spiro atoms. The molecule has 7 nitrogen and oxygen atoms in total. The first-order valence-electron chi connectivity index (χ1n) is 8.18. The van der Waals surface area contributed by atoms with Gasteiger partial charge in [0.15, 0.2) is 0 Å². The van der Waals surface area contributed by atoms with E-state index >= 15 is 0 Å². The van der Waals surface area contributed by atoms with E-state index in [1.165, 1.54) is 0 Å². The predicted octanol–water partition coefficient (Wildman–Crippen LogP) is 0.0614. The molecule has 122 valence electrons. The molecule has 1 saturated carbocycles. The van der Waals surface area contributed by atoms with Crippen molar-refractivity contribution in [3.05, 3.63) is 0 Å². The second kappa shape index (κ2) is 5.87. The molecule has 0 aromatic heterocycles. The number of hydrogen-bond acceptors (Lipinski definition) is 4. The van der Waals surface area contributed by atoms with Gasteiger partial charge in [-0.15, -0.1) is 0 Å². The summed E-state index contributed by atoms with van der Waals surface area (Å²) in [5.74, 6) is -0.362. The molecular formula is C15H24N4O3. The van der Waals surface area contributed by atoms with Gasteiger partial charge in [0.2, 0.25) is 5.91 Å². The minimum Gasteiger partial charge on any atom is -0.336 e. The normalized spacial score (nSPS) is 28.1. The summed E-state index contributed by atoms with van der Waals surface area (Å²) in [6.07, 6.45) is 4.37. The van der Waals surface area contributed by atoms with Crippen molar-refractivity contribution in [1.82, 2.24) is 20.4 Å². The molecule has 0 bridgehead atoms. The molecule has 1 unspecified atom stereocenters. The second-order valence-corrected chi connectivity index (χ2v) is 6.60. The van der Waals surface area contributed by atoms with Gasteiger partial charge in [0.1, 0.15) is 12.1 Å². The molecule has 3 aliphatic rings. The summed E-state index contributed by atoms with van der Waals surface area (Å²) in [5, 5.41) is 6.07.